The molecule has 1 aliphatic heterocycles. The summed E-state index contributed by atoms with van der Waals surface area (Å²) in [6.45, 7) is 1.52. The molecule has 0 saturated carbocycles. The number of aromatic nitrogens is 2. The largest absolute Gasteiger partial charge is 0.508 e. The average molecular weight is 422 g/mol. The molecule has 0 fully saturated rings. The Balaban J connectivity index is 1.61. The van der Waals surface area contributed by atoms with Crippen molar-refractivity contribution in [1.29, 1.82) is 0 Å². The fourth-order valence-electron chi connectivity index (χ4n) is 4.07. The molecule has 32 heavy (non-hydrogen) atoms. The summed E-state index contributed by atoms with van der Waals surface area (Å²) in [5.74, 6) is 0.0292. The first kappa shape index (κ1) is 19.8. The molecule has 0 spiro atoms. The Labute approximate surface area is 186 Å². The first-order valence-corrected chi connectivity index (χ1v) is 10.5. The van der Waals surface area contributed by atoms with Crippen LogP contribution in [0.2, 0.25) is 0 Å². The lowest BCUT2D eigenvalue weighted by Crippen LogP contribution is -2.24. The number of carbonyl (C=O) groups excluding carboxylic acids is 1. The molecule has 6 nitrogen and oxygen atoms in total. The van der Waals surface area contributed by atoms with Crippen LogP contribution < -0.4 is 0 Å². The van der Waals surface area contributed by atoms with E-state index in [4.69, 9.17) is 5.10 Å². The van der Waals surface area contributed by atoms with Crippen molar-refractivity contribution in [2.24, 2.45) is 5.10 Å². The second kappa shape index (κ2) is 8.15. The van der Waals surface area contributed by atoms with E-state index in [1.54, 1.807) is 18.2 Å². The van der Waals surface area contributed by atoms with Crippen molar-refractivity contribution in [1.82, 2.24) is 14.8 Å². The summed E-state index contributed by atoms with van der Waals surface area (Å²) in [4.78, 5) is 12.5. The Morgan fingerprint density at radius 1 is 0.938 bits per heavy atom. The number of para-hydroxylation sites is 1. The van der Waals surface area contributed by atoms with Crippen molar-refractivity contribution in [3.63, 3.8) is 0 Å². The summed E-state index contributed by atoms with van der Waals surface area (Å²) in [5, 5.41) is 20.9. The first-order chi connectivity index (χ1) is 15.6. The Hall–Kier alpha value is -4.19. The van der Waals surface area contributed by atoms with E-state index in [0.717, 1.165) is 33.8 Å². The molecule has 6 heteroatoms. The van der Waals surface area contributed by atoms with Crippen LogP contribution in [0.15, 0.2) is 96.2 Å². The number of hydrogen-bond acceptors (Lipinski definition) is 4. The van der Waals surface area contributed by atoms with Crippen molar-refractivity contribution < 1.29 is 9.90 Å². The van der Waals surface area contributed by atoms with Gasteiger partial charge in [-0.3, -0.25) is 4.79 Å². The van der Waals surface area contributed by atoms with E-state index < -0.39 is 0 Å². The molecular weight excluding hydrogens is 400 g/mol. The summed E-state index contributed by atoms with van der Waals surface area (Å²) < 4.78 is 1.85. The van der Waals surface area contributed by atoms with Gasteiger partial charge in [0.2, 0.25) is 5.91 Å². The fraction of sp³-hybridized carbons (Fsp3) is 0.115. The molecule has 1 aromatic heterocycles. The van der Waals surface area contributed by atoms with Crippen LogP contribution in [0.3, 0.4) is 0 Å². The van der Waals surface area contributed by atoms with Gasteiger partial charge in [-0.05, 0) is 24.3 Å². The third-order valence-corrected chi connectivity index (χ3v) is 5.58. The Kier molecular flexibility index (Phi) is 5.03. The highest BCUT2D eigenvalue weighted by atomic mass is 16.3. The zero-order valence-electron chi connectivity index (χ0n) is 17.6. The van der Waals surface area contributed by atoms with E-state index in [2.05, 4.69) is 5.10 Å². The number of benzene rings is 3. The lowest BCUT2D eigenvalue weighted by atomic mass is 9.96. The molecule has 0 bridgehead atoms. The van der Waals surface area contributed by atoms with Crippen LogP contribution in [0.1, 0.15) is 30.5 Å². The third-order valence-electron chi connectivity index (χ3n) is 5.58. The highest BCUT2D eigenvalue weighted by Gasteiger charge is 2.34. The van der Waals surface area contributed by atoms with Gasteiger partial charge in [0.15, 0.2) is 0 Å². The molecule has 4 aromatic rings. The number of phenols is 1. The molecule has 1 aliphatic rings. The minimum Gasteiger partial charge on any atom is -0.508 e. The number of hydrazone groups is 1. The van der Waals surface area contributed by atoms with Gasteiger partial charge in [0, 0.05) is 36.2 Å². The van der Waals surface area contributed by atoms with Crippen molar-refractivity contribution in [3.05, 3.63) is 102 Å². The van der Waals surface area contributed by atoms with Crippen LogP contribution in [-0.2, 0) is 4.79 Å². The van der Waals surface area contributed by atoms with E-state index in [-0.39, 0.29) is 17.7 Å². The molecule has 3 aromatic carbocycles. The lowest BCUT2D eigenvalue weighted by Gasteiger charge is -2.20. The summed E-state index contributed by atoms with van der Waals surface area (Å²) in [6.07, 6.45) is 2.52. The SMILES string of the molecule is CC(=O)N1N=C(c2cccc(O)c2)C[C@H]1c1cn(-c2ccccc2)nc1-c1ccccc1. The second-order valence-corrected chi connectivity index (χ2v) is 7.76. The van der Waals surface area contributed by atoms with E-state index in [0.29, 0.717) is 6.42 Å². The monoisotopic (exact) mass is 422 g/mol. The fourth-order valence-corrected chi connectivity index (χ4v) is 4.07. The molecule has 1 amide bonds. The smallest absolute Gasteiger partial charge is 0.240 e. The summed E-state index contributed by atoms with van der Waals surface area (Å²) in [5.41, 5.74) is 5.22. The van der Waals surface area contributed by atoms with Gasteiger partial charge in [-0.1, -0.05) is 60.7 Å². The number of phenolic OH excluding ortho intramolecular Hbond substituents is 1. The maximum atomic E-state index is 12.5. The van der Waals surface area contributed by atoms with Crippen molar-refractivity contribution >= 4 is 11.6 Å². The van der Waals surface area contributed by atoms with E-state index in [1.165, 1.54) is 11.9 Å². The summed E-state index contributed by atoms with van der Waals surface area (Å²) >= 11 is 0. The third kappa shape index (κ3) is 3.67. The predicted octanol–water partition coefficient (Wildman–Crippen LogP) is 4.94. The van der Waals surface area contributed by atoms with Crippen molar-refractivity contribution in [2.45, 2.75) is 19.4 Å². The van der Waals surface area contributed by atoms with Gasteiger partial charge in [0.25, 0.3) is 0 Å². The Morgan fingerprint density at radius 2 is 1.62 bits per heavy atom. The van der Waals surface area contributed by atoms with Gasteiger partial charge in [-0.15, -0.1) is 0 Å². The van der Waals surface area contributed by atoms with Gasteiger partial charge in [-0.25, -0.2) is 9.69 Å². The first-order valence-electron chi connectivity index (χ1n) is 10.5. The van der Waals surface area contributed by atoms with Crippen molar-refractivity contribution in [3.8, 4) is 22.7 Å². The Morgan fingerprint density at radius 3 is 2.31 bits per heavy atom. The number of aromatic hydroxyl groups is 1. The van der Waals surface area contributed by atoms with Gasteiger partial charge in [0.05, 0.1) is 23.1 Å². The zero-order valence-corrected chi connectivity index (χ0v) is 17.6. The maximum Gasteiger partial charge on any atom is 0.240 e. The Bertz CT molecular complexity index is 1300. The van der Waals surface area contributed by atoms with Gasteiger partial charge >= 0.3 is 0 Å². The summed E-state index contributed by atoms with van der Waals surface area (Å²) in [7, 11) is 0. The number of amides is 1. The van der Waals surface area contributed by atoms with Crippen LogP contribution in [0.25, 0.3) is 16.9 Å². The molecule has 0 saturated heterocycles. The van der Waals surface area contributed by atoms with Gasteiger partial charge < -0.3 is 5.11 Å². The molecule has 0 unspecified atom stereocenters. The topological polar surface area (TPSA) is 70.7 Å². The lowest BCUT2D eigenvalue weighted by molar-refractivity contribution is -0.130. The molecule has 158 valence electrons. The van der Waals surface area contributed by atoms with Crippen molar-refractivity contribution in [2.75, 3.05) is 0 Å². The van der Waals surface area contributed by atoms with E-state index in [9.17, 15) is 9.90 Å². The molecular formula is C26H22N4O2. The van der Waals surface area contributed by atoms with Crippen LogP contribution in [0, 0.1) is 0 Å². The standard InChI is InChI=1S/C26H22N4O2/c1-18(31)30-25(16-24(27-30)20-11-8-14-22(32)15-20)23-17-29(21-12-6-3-7-13-21)28-26(23)19-9-4-2-5-10-19/h2-15,17,25,32H,16H2,1H3/t25-/m0/s1. The van der Waals surface area contributed by atoms with Crippen LogP contribution in [0.5, 0.6) is 5.75 Å². The number of nitrogens with zero attached hydrogens (tertiary/aromatic N) is 4. The number of hydrogen-bond donors (Lipinski definition) is 1. The predicted molar refractivity (Wildman–Crippen MR) is 124 cm³/mol. The normalized spacial score (nSPS) is 15.6. The molecule has 2 heterocycles. The maximum absolute atomic E-state index is 12.5. The zero-order chi connectivity index (χ0) is 22.1. The molecule has 5 rings (SSSR count). The quantitative estimate of drug-likeness (QED) is 0.506. The molecule has 0 radical (unpaired) electrons. The molecule has 0 aliphatic carbocycles. The van der Waals surface area contributed by atoms with E-state index in [1.807, 2.05) is 77.6 Å². The number of carbonyl (C=O) groups is 1. The van der Waals surface area contributed by atoms with Crippen LogP contribution >= 0.6 is 0 Å². The van der Waals surface area contributed by atoms with Gasteiger partial charge in [-0.2, -0.15) is 10.2 Å². The minimum atomic E-state index is -0.294. The average Bonchev–Trinajstić information content (AvgIpc) is 3.45. The van der Waals surface area contributed by atoms with Crippen LogP contribution in [0.4, 0.5) is 0 Å². The minimum absolute atomic E-state index is 0.142. The highest BCUT2D eigenvalue weighted by Crippen LogP contribution is 2.38. The second-order valence-electron chi connectivity index (χ2n) is 7.76. The number of rotatable bonds is 4. The summed E-state index contributed by atoms with van der Waals surface area (Å²) in [6, 6.07) is 26.5. The van der Waals surface area contributed by atoms with Gasteiger partial charge in [0.1, 0.15) is 5.75 Å². The molecule has 1 atom stereocenters. The highest BCUT2D eigenvalue weighted by molar-refractivity contribution is 6.03. The molecule has 1 N–H and O–H groups in total. The van der Waals surface area contributed by atoms with Crippen LogP contribution in [-0.4, -0.2) is 31.5 Å². The van der Waals surface area contributed by atoms with E-state index >= 15 is 0 Å².